The highest BCUT2D eigenvalue weighted by Gasteiger charge is 2.25. The van der Waals surface area contributed by atoms with Gasteiger partial charge in [0, 0.05) is 6.54 Å². The molecule has 0 amide bonds. The monoisotopic (exact) mass is 260 g/mol. The molecular weight excluding hydrogens is 232 g/mol. The molecule has 0 bridgehead atoms. The first kappa shape index (κ1) is 14.5. The zero-order valence-electron chi connectivity index (χ0n) is 12.7. The van der Waals surface area contributed by atoms with Crippen LogP contribution in [0.2, 0.25) is 0 Å². The third kappa shape index (κ3) is 4.05. The van der Waals surface area contributed by atoms with Gasteiger partial charge in [-0.25, -0.2) is 0 Å². The Hall–Kier alpha value is -0.860. The van der Waals surface area contributed by atoms with Crippen molar-refractivity contribution in [1.82, 2.24) is 4.90 Å². The summed E-state index contributed by atoms with van der Waals surface area (Å²) in [4.78, 5) is 2.58. The van der Waals surface area contributed by atoms with Gasteiger partial charge in [0.25, 0.3) is 0 Å². The maximum atomic E-state index is 5.71. The summed E-state index contributed by atoms with van der Waals surface area (Å²) in [6, 6.07) is 9.00. The van der Waals surface area contributed by atoms with E-state index in [1.807, 2.05) is 0 Å². The van der Waals surface area contributed by atoms with Gasteiger partial charge >= 0.3 is 0 Å². The van der Waals surface area contributed by atoms with Crippen LogP contribution < -0.4 is 5.73 Å². The van der Waals surface area contributed by atoms with Crippen LogP contribution in [0.1, 0.15) is 50.7 Å². The molecule has 1 aromatic carbocycles. The molecule has 0 radical (unpaired) electrons. The van der Waals surface area contributed by atoms with Gasteiger partial charge in [-0.2, -0.15) is 0 Å². The van der Waals surface area contributed by atoms with Gasteiger partial charge in [0.2, 0.25) is 0 Å². The van der Waals surface area contributed by atoms with Gasteiger partial charge in [-0.1, -0.05) is 45.0 Å². The van der Waals surface area contributed by atoms with Gasteiger partial charge in [0.15, 0.2) is 0 Å². The first-order chi connectivity index (χ1) is 9.00. The van der Waals surface area contributed by atoms with E-state index in [-0.39, 0.29) is 0 Å². The highest BCUT2D eigenvalue weighted by atomic mass is 15.1. The quantitative estimate of drug-likeness (QED) is 0.899. The molecule has 19 heavy (non-hydrogen) atoms. The largest absolute Gasteiger partial charge is 0.330 e. The molecule has 1 aliphatic heterocycles. The highest BCUT2D eigenvalue weighted by Crippen LogP contribution is 2.30. The standard InChI is InChI=1S/C17H28N2/c1-14(12-18)16-6-4-15(5-7-16)13-19-10-8-17(2,3)9-11-19/h4-7,14H,8-13,18H2,1-3H3. The Labute approximate surface area is 118 Å². The molecule has 106 valence electrons. The molecule has 1 heterocycles. The van der Waals surface area contributed by atoms with E-state index < -0.39 is 0 Å². The maximum Gasteiger partial charge on any atom is 0.0233 e. The average Bonchev–Trinajstić information content (AvgIpc) is 2.41. The normalized spacial score (nSPS) is 21.3. The van der Waals surface area contributed by atoms with E-state index in [0.717, 1.165) is 13.1 Å². The molecule has 0 aromatic heterocycles. The smallest absolute Gasteiger partial charge is 0.0233 e. The number of benzene rings is 1. The number of nitrogens with zero attached hydrogens (tertiary/aromatic N) is 1. The van der Waals surface area contributed by atoms with Crippen molar-refractivity contribution in [3.05, 3.63) is 35.4 Å². The first-order valence-corrected chi connectivity index (χ1v) is 7.51. The fourth-order valence-electron chi connectivity index (χ4n) is 2.66. The summed E-state index contributed by atoms with van der Waals surface area (Å²) in [6.45, 7) is 11.2. The van der Waals surface area contributed by atoms with Crippen LogP contribution in [0.5, 0.6) is 0 Å². The van der Waals surface area contributed by atoms with Crippen LogP contribution >= 0.6 is 0 Å². The summed E-state index contributed by atoms with van der Waals surface area (Å²) >= 11 is 0. The Morgan fingerprint density at radius 3 is 2.26 bits per heavy atom. The van der Waals surface area contributed by atoms with Crippen molar-refractivity contribution in [2.75, 3.05) is 19.6 Å². The summed E-state index contributed by atoms with van der Waals surface area (Å²) in [6.07, 6.45) is 2.63. The van der Waals surface area contributed by atoms with Crippen molar-refractivity contribution < 1.29 is 0 Å². The number of likely N-dealkylation sites (tertiary alicyclic amines) is 1. The van der Waals surface area contributed by atoms with Crippen LogP contribution in [0.15, 0.2) is 24.3 Å². The van der Waals surface area contributed by atoms with Crippen LogP contribution in [0.4, 0.5) is 0 Å². The molecule has 2 N–H and O–H groups in total. The molecule has 1 fully saturated rings. The second-order valence-corrected chi connectivity index (χ2v) is 6.82. The van der Waals surface area contributed by atoms with Crippen molar-refractivity contribution in [2.45, 2.75) is 46.1 Å². The van der Waals surface area contributed by atoms with Crippen molar-refractivity contribution in [3.63, 3.8) is 0 Å². The Balaban J connectivity index is 1.90. The second kappa shape index (κ2) is 6.06. The number of hydrogen-bond acceptors (Lipinski definition) is 2. The molecule has 1 aliphatic rings. The lowest BCUT2D eigenvalue weighted by Gasteiger charge is -2.36. The number of piperidine rings is 1. The fraction of sp³-hybridized carbons (Fsp3) is 0.647. The summed E-state index contributed by atoms with van der Waals surface area (Å²) < 4.78 is 0. The Morgan fingerprint density at radius 1 is 1.16 bits per heavy atom. The number of nitrogens with two attached hydrogens (primary N) is 1. The van der Waals surface area contributed by atoms with Crippen LogP contribution in [0.3, 0.4) is 0 Å². The van der Waals surface area contributed by atoms with Gasteiger partial charge in [-0.15, -0.1) is 0 Å². The van der Waals surface area contributed by atoms with Gasteiger partial charge in [0.1, 0.15) is 0 Å². The van der Waals surface area contributed by atoms with E-state index in [9.17, 15) is 0 Å². The molecule has 1 saturated heterocycles. The predicted molar refractivity (Wildman–Crippen MR) is 82.2 cm³/mol. The lowest BCUT2D eigenvalue weighted by Crippen LogP contribution is -2.36. The average molecular weight is 260 g/mol. The summed E-state index contributed by atoms with van der Waals surface area (Å²) in [5, 5.41) is 0. The summed E-state index contributed by atoms with van der Waals surface area (Å²) in [5.41, 5.74) is 9.02. The lowest BCUT2D eigenvalue weighted by molar-refractivity contribution is 0.127. The number of rotatable bonds is 4. The van der Waals surface area contributed by atoms with Crippen molar-refractivity contribution in [3.8, 4) is 0 Å². The summed E-state index contributed by atoms with van der Waals surface area (Å²) in [5.74, 6) is 0.463. The highest BCUT2D eigenvalue weighted by molar-refractivity contribution is 5.25. The van der Waals surface area contributed by atoms with Gasteiger partial charge in [0.05, 0.1) is 0 Å². The van der Waals surface area contributed by atoms with E-state index in [1.165, 1.54) is 37.1 Å². The Morgan fingerprint density at radius 2 is 1.74 bits per heavy atom. The minimum absolute atomic E-state index is 0.463. The number of hydrogen-bond donors (Lipinski definition) is 1. The molecule has 1 atom stereocenters. The van der Waals surface area contributed by atoms with Gasteiger partial charge in [-0.3, -0.25) is 4.90 Å². The minimum Gasteiger partial charge on any atom is -0.330 e. The van der Waals surface area contributed by atoms with Crippen molar-refractivity contribution in [2.24, 2.45) is 11.1 Å². The molecule has 2 heteroatoms. The molecule has 1 unspecified atom stereocenters. The zero-order chi connectivity index (χ0) is 13.9. The molecule has 2 rings (SSSR count). The maximum absolute atomic E-state index is 5.71. The van der Waals surface area contributed by atoms with Crippen LogP contribution in [0, 0.1) is 5.41 Å². The van der Waals surface area contributed by atoms with Crippen LogP contribution in [-0.4, -0.2) is 24.5 Å². The first-order valence-electron chi connectivity index (χ1n) is 7.51. The third-order valence-corrected chi connectivity index (χ3v) is 4.52. The topological polar surface area (TPSA) is 29.3 Å². The van der Waals surface area contributed by atoms with E-state index in [2.05, 4.69) is 49.9 Å². The van der Waals surface area contributed by atoms with Crippen molar-refractivity contribution in [1.29, 1.82) is 0 Å². The van der Waals surface area contributed by atoms with Crippen LogP contribution in [0.25, 0.3) is 0 Å². The molecule has 0 aliphatic carbocycles. The predicted octanol–water partition coefficient (Wildman–Crippen LogP) is 3.37. The van der Waals surface area contributed by atoms with Crippen LogP contribution in [-0.2, 0) is 6.54 Å². The SMILES string of the molecule is CC(CN)c1ccc(CN2CCC(C)(C)CC2)cc1. The molecule has 1 aromatic rings. The van der Waals surface area contributed by atoms with Crippen molar-refractivity contribution >= 4 is 0 Å². The summed E-state index contributed by atoms with van der Waals surface area (Å²) in [7, 11) is 0. The Kier molecular flexibility index (Phi) is 4.64. The second-order valence-electron chi connectivity index (χ2n) is 6.82. The lowest BCUT2D eigenvalue weighted by atomic mass is 9.82. The Bertz CT molecular complexity index is 384. The van der Waals surface area contributed by atoms with E-state index >= 15 is 0 Å². The third-order valence-electron chi connectivity index (χ3n) is 4.52. The van der Waals surface area contributed by atoms with Gasteiger partial charge in [-0.05, 0) is 54.9 Å². The minimum atomic E-state index is 0.463. The van der Waals surface area contributed by atoms with Gasteiger partial charge < -0.3 is 5.73 Å². The fourth-order valence-corrected chi connectivity index (χ4v) is 2.66. The molecule has 0 saturated carbocycles. The molecule has 0 spiro atoms. The zero-order valence-corrected chi connectivity index (χ0v) is 12.7. The molecular formula is C17H28N2. The molecule has 2 nitrogen and oxygen atoms in total. The van der Waals surface area contributed by atoms with E-state index in [1.54, 1.807) is 0 Å². The van der Waals surface area contributed by atoms with E-state index in [4.69, 9.17) is 5.73 Å². The van der Waals surface area contributed by atoms with E-state index in [0.29, 0.717) is 11.3 Å².